The topological polar surface area (TPSA) is 79.4 Å². The van der Waals surface area contributed by atoms with Crippen molar-refractivity contribution in [3.8, 4) is 16.9 Å². The van der Waals surface area contributed by atoms with Crippen LogP contribution in [-0.4, -0.2) is 23.2 Å². The van der Waals surface area contributed by atoms with Crippen molar-refractivity contribution in [3.05, 3.63) is 51.4 Å². The number of ether oxygens (including phenoxy) is 1. The highest BCUT2D eigenvalue weighted by Gasteiger charge is 2.12. The predicted molar refractivity (Wildman–Crippen MR) is 71.0 cm³/mol. The lowest BCUT2D eigenvalue weighted by molar-refractivity contribution is 0.0695. The second-order valence-electron chi connectivity index (χ2n) is 3.78. The molecule has 2 N–H and O–H groups in total. The summed E-state index contributed by atoms with van der Waals surface area (Å²) >= 11 is 6.06. The van der Waals surface area contributed by atoms with Crippen LogP contribution in [0.4, 0.5) is 0 Å². The van der Waals surface area contributed by atoms with Gasteiger partial charge in [-0.15, -0.1) is 0 Å². The van der Waals surface area contributed by atoms with Crippen LogP contribution in [0.25, 0.3) is 11.1 Å². The standard InChI is InChI=1S/C13H10ClNO4/c1-19-8-2-3-11(14)9(5-8)7-4-10(13(17)18)12(16)15-6-7/h2-6H,1H3,(H,15,16)(H,17,18). The molecule has 0 radical (unpaired) electrons. The fourth-order valence-corrected chi connectivity index (χ4v) is 1.88. The number of aromatic carboxylic acids is 1. The minimum absolute atomic E-state index is 0.337. The molecule has 2 aromatic rings. The van der Waals surface area contributed by atoms with Crippen molar-refractivity contribution in [3.63, 3.8) is 0 Å². The number of pyridine rings is 1. The van der Waals surface area contributed by atoms with Gasteiger partial charge in [-0.2, -0.15) is 0 Å². The first-order valence-corrected chi connectivity index (χ1v) is 5.70. The number of aromatic amines is 1. The molecule has 0 unspecified atom stereocenters. The second-order valence-corrected chi connectivity index (χ2v) is 4.19. The van der Waals surface area contributed by atoms with Crippen LogP contribution in [0.3, 0.4) is 0 Å². The first-order valence-electron chi connectivity index (χ1n) is 5.33. The second kappa shape index (κ2) is 5.16. The van der Waals surface area contributed by atoms with E-state index in [0.717, 1.165) is 0 Å². The van der Waals surface area contributed by atoms with Gasteiger partial charge < -0.3 is 14.8 Å². The van der Waals surface area contributed by atoms with Crippen molar-refractivity contribution in [2.24, 2.45) is 0 Å². The molecule has 1 heterocycles. The number of halogens is 1. The lowest BCUT2D eigenvalue weighted by Crippen LogP contribution is -2.16. The Hall–Kier alpha value is -2.27. The van der Waals surface area contributed by atoms with Crippen LogP contribution < -0.4 is 10.3 Å². The van der Waals surface area contributed by atoms with E-state index in [-0.39, 0.29) is 5.56 Å². The first-order chi connectivity index (χ1) is 9.02. The van der Waals surface area contributed by atoms with E-state index in [9.17, 15) is 9.59 Å². The molecule has 0 atom stereocenters. The molecule has 1 aromatic heterocycles. The molecule has 0 aliphatic rings. The van der Waals surface area contributed by atoms with Gasteiger partial charge >= 0.3 is 5.97 Å². The van der Waals surface area contributed by atoms with Crippen LogP contribution >= 0.6 is 11.6 Å². The Morgan fingerprint density at radius 3 is 2.74 bits per heavy atom. The molecule has 0 bridgehead atoms. The molecule has 2 rings (SSSR count). The first kappa shape index (κ1) is 13.2. The minimum Gasteiger partial charge on any atom is -0.497 e. The molecule has 19 heavy (non-hydrogen) atoms. The summed E-state index contributed by atoms with van der Waals surface area (Å²) in [5.41, 5.74) is 0.0901. The fraction of sp³-hybridized carbons (Fsp3) is 0.0769. The van der Waals surface area contributed by atoms with E-state index >= 15 is 0 Å². The van der Waals surface area contributed by atoms with Crippen LogP contribution in [0.5, 0.6) is 5.75 Å². The highest BCUT2D eigenvalue weighted by molar-refractivity contribution is 6.33. The zero-order valence-electron chi connectivity index (χ0n) is 9.94. The molecule has 6 heteroatoms. The Balaban J connectivity index is 2.62. The number of carbonyl (C=O) groups is 1. The average Bonchev–Trinajstić information content (AvgIpc) is 2.40. The number of methoxy groups -OCH3 is 1. The Morgan fingerprint density at radius 1 is 1.37 bits per heavy atom. The minimum atomic E-state index is -1.29. The molecular weight excluding hydrogens is 270 g/mol. The van der Waals surface area contributed by atoms with Gasteiger partial charge in [-0.3, -0.25) is 4.79 Å². The van der Waals surface area contributed by atoms with Crippen molar-refractivity contribution in [2.45, 2.75) is 0 Å². The van der Waals surface area contributed by atoms with Gasteiger partial charge in [0.25, 0.3) is 5.56 Å². The number of carboxylic acid groups (broad SMARTS) is 1. The molecule has 98 valence electrons. The Labute approximate surface area is 113 Å². The van der Waals surface area contributed by atoms with Gasteiger partial charge in [0, 0.05) is 22.3 Å². The molecule has 1 aromatic carbocycles. The van der Waals surface area contributed by atoms with Crippen LogP contribution in [0, 0.1) is 0 Å². The number of H-pyrrole nitrogens is 1. The van der Waals surface area contributed by atoms with E-state index in [0.29, 0.717) is 21.9 Å². The van der Waals surface area contributed by atoms with Gasteiger partial charge in [0.1, 0.15) is 11.3 Å². The Kier molecular flexibility index (Phi) is 3.57. The van der Waals surface area contributed by atoms with E-state index in [1.54, 1.807) is 18.2 Å². The number of hydrogen-bond donors (Lipinski definition) is 2. The third-order valence-electron chi connectivity index (χ3n) is 2.62. The van der Waals surface area contributed by atoms with Gasteiger partial charge in [0.05, 0.1) is 7.11 Å². The monoisotopic (exact) mass is 279 g/mol. The quantitative estimate of drug-likeness (QED) is 0.904. The molecular formula is C13H10ClNO4. The average molecular weight is 280 g/mol. The summed E-state index contributed by atoms with van der Waals surface area (Å²) in [7, 11) is 1.52. The van der Waals surface area contributed by atoms with Crippen LogP contribution in [0.2, 0.25) is 5.02 Å². The molecule has 0 spiro atoms. The highest BCUT2D eigenvalue weighted by atomic mass is 35.5. The summed E-state index contributed by atoms with van der Waals surface area (Å²) in [5.74, 6) is -0.704. The van der Waals surface area contributed by atoms with Crippen molar-refractivity contribution in [1.82, 2.24) is 4.98 Å². The van der Waals surface area contributed by atoms with Gasteiger partial charge in [-0.05, 0) is 24.3 Å². The zero-order valence-corrected chi connectivity index (χ0v) is 10.7. The van der Waals surface area contributed by atoms with Gasteiger partial charge in [0.2, 0.25) is 0 Å². The highest BCUT2D eigenvalue weighted by Crippen LogP contribution is 2.30. The smallest absolute Gasteiger partial charge is 0.341 e. The molecule has 5 nitrogen and oxygen atoms in total. The lowest BCUT2D eigenvalue weighted by Gasteiger charge is -2.07. The summed E-state index contributed by atoms with van der Waals surface area (Å²) in [6.07, 6.45) is 1.41. The maximum atomic E-state index is 11.4. The van der Waals surface area contributed by atoms with E-state index in [4.69, 9.17) is 21.4 Å². The van der Waals surface area contributed by atoms with E-state index in [1.807, 2.05) is 0 Å². The number of rotatable bonds is 3. The number of aromatic nitrogens is 1. The van der Waals surface area contributed by atoms with Gasteiger partial charge in [-0.25, -0.2) is 4.79 Å². The summed E-state index contributed by atoms with van der Waals surface area (Å²) < 4.78 is 5.09. The summed E-state index contributed by atoms with van der Waals surface area (Å²) in [5, 5.41) is 9.36. The molecule has 0 saturated carbocycles. The summed E-state index contributed by atoms with van der Waals surface area (Å²) in [4.78, 5) is 24.7. The SMILES string of the molecule is COc1ccc(Cl)c(-c2c[nH]c(=O)c(C(=O)O)c2)c1. The van der Waals surface area contributed by atoms with Gasteiger partial charge in [-0.1, -0.05) is 11.6 Å². The van der Waals surface area contributed by atoms with Crippen molar-refractivity contribution >= 4 is 17.6 Å². The molecule has 0 aliphatic heterocycles. The summed E-state index contributed by atoms with van der Waals surface area (Å²) in [6, 6.07) is 6.28. The third-order valence-corrected chi connectivity index (χ3v) is 2.95. The maximum Gasteiger partial charge on any atom is 0.341 e. The Morgan fingerprint density at radius 2 is 2.11 bits per heavy atom. The predicted octanol–water partition coefficient (Wildman–Crippen LogP) is 2.40. The number of hydrogen-bond acceptors (Lipinski definition) is 3. The molecule has 0 fully saturated rings. The number of nitrogens with one attached hydrogen (secondary N) is 1. The van der Waals surface area contributed by atoms with Crippen LogP contribution in [0.15, 0.2) is 35.3 Å². The van der Waals surface area contributed by atoms with Gasteiger partial charge in [0.15, 0.2) is 0 Å². The largest absolute Gasteiger partial charge is 0.497 e. The van der Waals surface area contributed by atoms with Crippen molar-refractivity contribution in [1.29, 1.82) is 0 Å². The van der Waals surface area contributed by atoms with Crippen molar-refractivity contribution in [2.75, 3.05) is 7.11 Å². The number of benzene rings is 1. The van der Waals surface area contributed by atoms with Crippen LogP contribution in [0.1, 0.15) is 10.4 Å². The summed E-state index contributed by atoms with van der Waals surface area (Å²) in [6.45, 7) is 0. The molecule has 0 saturated heterocycles. The zero-order chi connectivity index (χ0) is 14.0. The van der Waals surface area contributed by atoms with E-state index in [1.165, 1.54) is 19.4 Å². The lowest BCUT2D eigenvalue weighted by atomic mass is 10.1. The van der Waals surface area contributed by atoms with Crippen LogP contribution in [-0.2, 0) is 0 Å². The molecule has 0 amide bonds. The fourth-order valence-electron chi connectivity index (χ4n) is 1.65. The normalized spacial score (nSPS) is 10.2. The van der Waals surface area contributed by atoms with Crippen molar-refractivity contribution < 1.29 is 14.6 Å². The van der Waals surface area contributed by atoms with E-state index in [2.05, 4.69) is 4.98 Å². The molecule has 0 aliphatic carbocycles. The maximum absolute atomic E-state index is 11.4. The van der Waals surface area contributed by atoms with E-state index < -0.39 is 11.5 Å². The third kappa shape index (κ3) is 2.61. The Bertz CT molecular complexity index is 693. The number of carboxylic acids is 1.